The maximum Gasteiger partial charge on any atom is 0.221 e. The van der Waals surface area contributed by atoms with Crippen molar-refractivity contribution < 1.29 is 5.32 Å². The second-order valence-corrected chi connectivity index (χ2v) is 3.62. The van der Waals surface area contributed by atoms with Crippen molar-refractivity contribution in [3.8, 4) is 0 Å². The molecule has 0 atom stereocenters. The number of nitrogens with two attached hydrogens (primary N) is 2. The smallest absolute Gasteiger partial charge is 0.221 e. The molecule has 0 amide bonds. The predicted molar refractivity (Wildman–Crippen MR) is 49.0 cm³/mol. The Morgan fingerprint density at radius 2 is 2.08 bits per heavy atom. The lowest BCUT2D eigenvalue weighted by Crippen LogP contribution is -2.86. The first kappa shape index (κ1) is 8.50. The molecule has 4 N–H and O–H groups in total. The van der Waals surface area contributed by atoms with Crippen LogP contribution in [0.4, 0.5) is 5.95 Å². The third kappa shape index (κ3) is 1.51. The van der Waals surface area contributed by atoms with Crippen molar-refractivity contribution in [1.82, 2.24) is 14.8 Å². The number of nitrogen functional groups attached to an aromatic ring is 1. The van der Waals surface area contributed by atoms with Crippen molar-refractivity contribution in [2.75, 3.05) is 18.8 Å². The van der Waals surface area contributed by atoms with E-state index in [0.717, 1.165) is 5.82 Å². The van der Waals surface area contributed by atoms with E-state index in [-0.39, 0.29) is 0 Å². The summed E-state index contributed by atoms with van der Waals surface area (Å²) in [6.45, 7) is 2.38. The second-order valence-electron chi connectivity index (χ2n) is 3.62. The molecule has 0 bridgehead atoms. The molecule has 1 aromatic heterocycles. The van der Waals surface area contributed by atoms with Gasteiger partial charge in [-0.3, -0.25) is 0 Å². The fourth-order valence-corrected chi connectivity index (χ4v) is 1.89. The first-order valence-corrected chi connectivity index (χ1v) is 4.75. The SMILES string of the molecule is Cn1c(N)nnc1C1CC[NH2+]CC1. The van der Waals surface area contributed by atoms with E-state index in [1.807, 2.05) is 11.6 Å². The third-order valence-corrected chi connectivity index (χ3v) is 2.75. The summed E-state index contributed by atoms with van der Waals surface area (Å²) in [5, 5.41) is 10.3. The van der Waals surface area contributed by atoms with Crippen molar-refractivity contribution in [3.63, 3.8) is 0 Å². The minimum atomic E-state index is 0.518. The van der Waals surface area contributed by atoms with Crippen molar-refractivity contribution in [1.29, 1.82) is 0 Å². The van der Waals surface area contributed by atoms with E-state index in [9.17, 15) is 0 Å². The Labute approximate surface area is 77.3 Å². The number of rotatable bonds is 1. The average molecular weight is 182 g/mol. The van der Waals surface area contributed by atoms with E-state index in [1.165, 1.54) is 25.9 Å². The second kappa shape index (κ2) is 3.33. The molecule has 5 heteroatoms. The van der Waals surface area contributed by atoms with Gasteiger partial charge in [0.2, 0.25) is 5.95 Å². The molecule has 2 heterocycles. The van der Waals surface area contributed by atoms with Crippen LogP contribution in [0.25, 0.3) is 0 Å². The molecule has 13 heavy (non-hydrogen) atoms. The highest BCUT2D eigenvalue weighted by Gasteiger charge is 2.22. The molecule has 1 saturated heterocycles. The zero-order valence-electron chi connectivity index (χ0n) is 7.90. The zero-order chi connectivity index (χ0) is 9.26. The van der Waals surface area contributed by atoms with Gasteiger partial charge >= 0.3 is 0 Å². The minimum Gasteiger partial charge on any atom is -0.368 e. The lowest BCUT2D eigenvalue weighted by atomic mass is 9.97. The van der Waals surface area contributed by atoms with Crippen LogP contribution in [0, 0.1) is 0 Å². The summed E-state index contributed by atoms with van der Waals surface area (Å²) >= 11 is 0. The summed E-state index contributed by atoms with van der Waals surface area (Å²) in [5.74, 6) is 2.12. The van der Waals surface area contributed by atoms with E-state index in [1.54, 1.807) is 0 Å². The van der Waals surface area contributed by atoms with Crippen molar-refractivity contribution in [2.24, 2.45) is 7.05 Å². The van der Waals surface area contributed by atoms with E-state index in [4.69, 9.17) is 5.73 Å². The van der Waals surface area contributed by atoms with Crippen molar-refractivity contribution in [3.05, 3.63) is 5.82 Å². The Hall–Kier alpha value is -1.10. The lowest BCUT2D eigenvalue weighted by molar-refractivity contribution is -0.663. The monoisotopic (exact) mass is 182 g/mol. The van der Waals surface area contributed by atoms with Gasteiger partial charge in [-0.2, -0.15) is 0 Å². The summed E-state index contributed by atoms with van der Waals surface area (Å²) in [5.41, 5.74) is 5.63. The first-order chi connectivity index (χ1) is 6.29. The van der Waals surface area contributed by atoms with E-state index < -0.39 is 0 Å². The van der Waals surface area contributed by atoms with Gasteiger partial charge in [-0.25, -0.2) is 0 Å². The number of hydrogen-bond acceptors (Lipinski definition) is 3. The van der Waals surface area contributed by atoms with Gasteiger partial charge in [0.15, 0.2) is 0 Å². The number of piperidine rings is 1. The summed E-state index contributed by atoms with van der Waals surface area (Å²) in [6.07, 6.45) is 2.37. The van der Waals surface area contributed by atoms with Gasteiger partial charge < -0.3 is 15.6 Å². The Balaban J connectivity index is 2.18. The summed E-state index contributed by atoms with van der Waals surface area (Å²) in [7, 11) is 1.93. The van der Waals surface area contributed by atoms with Crippen LogP contribution in [-0.2, 0) is 7.05 Å². The minimum absolute atomic E-state index is 0.518. The largest absolute Gasteiger partial charge is 0.368 e. The Morgan fingerprint density at radius 1 is 1.38 bits per heavy atom. The highest BCUT2D eigenvalue weighted by molar-refractivity contribution is 5.18. The Kier molecular flexibility index (Phi) is 2.18. The van der Waals surface area contributed by atoms with Crippen molar-refractivity contribution in [2.45, 2.75) is 18.8 Å². The number of anilines is 1. The fraction of sp³-hybridized carbons (Fsp3) is 0.750. The number of hydrogen-bond donors (Lipinski definition) is 2. The predicted octanol–water partition coefficient (Wildman–Crippen LogP) is -1.16. The van der Waals surface area contributed by atoms with Crippen molar-refractivity contribution >= 4 is 5.95 Å². The molecule has 0 unspecified atom stereocenters. The molecule has 0 radical (unpaired) electrons. The van der Waals surface area contributed by atoms with Gasteiger partial charge in [0.25, 0.3) is 0 Å². The average Bonchev–Trinajstić information content (AvgIpc) is 2.49. The van der Waals surface area contributed by atoms with Gasteiger partial charge in [-0.15, -0.1) is 10.2 Å². The molecule has 1 aliphatic heterocycles. The maximum absolute atomic E-state index is 5.63. The molecule has 0 saturated carbocycles. The van der Waals surface area contributed by atoms with Gasteiger partial charge in [0, 0.05) is 25.8 Å². The number of aromatic nitrogens is 3. The van der Waals surface area contributed by atoms with Gasteiger partial charge in [0.1, 0.15) is 5.82 Å². The Bertz CT molecular complexity index is 287. The van der Waals surface area contributed by atoms with Gasteiger partial charge in [0.05, 0.1) is 13.1 Å². The van der Waals surface area contributed by atoms with Crippen LogP contribution >= 0.6 is 0 Å². The molecule has 72 valence electrons. The first-order valence-electron chi connectivity index (χ1n) is 4.75. The van der Waals surface area contributed by atoms with Crippen LogP contribution in [0.3, 0.4) is 0 Å². The lowest BCUT2D eigenvalue weighted by Gasteiger charge is -2.19. The van der Waals surface area contributed by atoms with Crippen LogP contribution < -0.4 is 11.1 Å². The van der Waals surface area contributed by atoms with E-state index in [0.29, 0.717) is 11.9 Å². The molecular weight excluding hydrogens is 166 g/mol. The topological polar surface area (TPSA) is 73.3 Å². The van der Waals surface area contributed by atoms with Gasteiger partial charge in [-0.05, 0) is 0 Å². The van der Waals surface area contributed by atoms with Crippen LogP contribution in [0.1, 0.15) is 24.6 Å². The molecule has 0 aliphatic carbocycles. The number of nitrogens with zero attached hydrogens (tertiary/aromatic N) is 3. The number of quaternary nitrogens is 1. The van der Waals surface area contributed by atoms with Crippen LogP contribution in [-0.4, -0.2) is 27.9 Å². The molecule has 1 aliphatic rings. The van der Waals surface area contributed by atoms with Gasteiger partial charge in [-0.1, -0.05) is 0 Å². The van der Waals surface area contributed by atoms with Crippen LogP contribution in [0.5, 0.6) is 0 Å². The quantitative estimate of drug-likeness (QED) is 0.575. The Morgan fingerprint density at radius 3 is 2.62 bits per heavy atom. The van der Waals surface area contributed by atoms with E-state index in [2.05, 4.69) is 15.5 Å². The van der Waals surface area contributed by atoms with Crippen LogP contribution in [0.15, 0.2) is 0 Å². The van der Waals surface area contributed by atoms with E-state index >= 15 is 0 Å². The highest BCUT2D eigenvalue weighted by atomic mass is 15.3. The molecule has 2 rings (SSSR count). The highest BCUT2D eigenvalue weighted by Crippen LogP contribution is 2.21. The third-order valence-electron chi connectivity index (χ3n) is 2.75. The molecule has 1 fully saturated rings. The summed E-state index contributed by atoms with van der Waals surface area (Å²) in [6, 6.07) is 0. The normalized spacial score (nSPS) is 19.2. The molecular formula is C8H16N5+. The molecule has 5 nitrogen and oxygen atoms in total. The molecule has 0 aromatic carbocycles. The summed E-state index contributed by atoms with van der Waals surface area (Å²) < 4.78 is 1.90. The zero-order valence-corrected chi connectivity index (χ0v) is 7.90. The molecule has 1 aromatic rings. The maximum atomic E-state index is 5.63. The van der Waals surface area contributed by atoms with Crippen LogP contribution in [0.2, 0.25) is 0 Å². The summed E-state index contributed by atoms with van der Waals surface area (Å²) in [4.78, 5) is 0. The molecule has 0 spiro atoms. The fourth-order valence-electron chi connectivity index (χ4n) is 1.89. The standard InChI is InChI=1S/C8H15N5/c1-13-7(11-12-8(13)9)6-2-4-10-5-3-6/h6,10H,2-5H2,1H3,(H2,9,12)/p+1.